The van der Waals surface area contributed by atoms with E-state index in [0.717, 1.165) is 17.9 Å². The zero-order valence-electron chi connectivity index (χ0n) is 8.71. The maximum atomic E-state index is 5.15. The van der Waals surface area contributed by atoms with Crippen molar-refractivity contribution in [1.82, 2.24) is 10.4 Å². The van der Waals surface area contributed by atoms with Crippen LogP contribution in [0.3, 0.4) is 0 Å². The van der Waals surface area contributed by atoms with Crippen molar-refractivity contribution in [3.63, 3.8) is 0 Å². The van der Waals surface area contributed by atoms with E-state index in [4.69, 9.17) is 4.52 Å². The fourth-order valence-corrected chi connectivity index (χ4v) is 1.58. The van der Waals surface area contributed by atoms with Gasteiger partial charge in [-0.15, -0.1) is 5.10 Å². The van der Waals surface area contributed by atoms with Crippen molar-refractivity contribution in [3.8, 4) is 0 Å². The molecule has 0 radical (unpaired) electrons. The molecule has 0 N–H and O–H groups in total. The van der Waals surface area contributed by atoms with E-state index in [0.29, 0.717) is 5.92 Å². The SMILES string of the molecule is CCCCC(CC)c1onnc1C. The van der Waals surface area contributed by atoms with Crippen LogP contribution in [0.15, 0.2) is 4.52 Å². The number of hydrogen-bond donors (Lipinski definition) is 0. The number of unbranched alkanes of at least 4 members (excludes halogenated alkanes) is 1. The largest absolute Gasteiger partial charge is 0.342 e. The molecular weight excluding hydrogens is 164 g/mol. The van der Waals surface area contributed by atoms with Crippen molar-refractivity contribution in [3.05, 3.63) is 11.5 Å². The van der Waals surface area contributed by atoms with Gasteiger partial charge in [0.25, 0.3) is 0 Å². The fourth-order valence-electron chi connectivity index (χ4n) is 1.58. The molecule has 0 aliphatic heterocycles. The predicted octanol–water partition coefficient (Wildman–Crippen LogP) is 3.06. The molecule has 0 saturated carbocycles. The van der Waals surface area contributed by atoms with Crippen LogP contribution in [0.5, 0.6) is 0 Å². The Morgan fingerprint density at radius 2 is 2.15 bits per heavy atom. The maximum absolute atomic E-state index is 5.15. The minimum atomic E-state index is 0.509. The van der Waals surface area contributed by atoms with Crippen LogP contribution in [-0.2, 0) is 0 Å². The quantitative estimate of drug-likeness (QED) is 0.702. The van der Waals surface area contributed by atoms with Crippen LogP contribution in [0.25, 0.3) is 0 Å². The maximum Gasteiger partial charge on any atom is 0.163 e. The molecule has 1 rings (SSSR count). The number of nitrogens with zero attached hydrogens (tertiary/aromatic N) is 2. The average molecular weight is 182 g/mol. The summed E-state index contributed by atoms with van der Waals surface area (Å²) in [6, 6.07) is 0. The molecule has 0 aliphatic rings. The van der Waals surface area contributed by atoms with E-state index in [1.54, 1.807) is 0 Å². The second-order valence-electron chi connectivity index (χ2n) is 3.47. The molecule has 1 heterocycles. The first-order chi connectivity index (χ1) is 6.29. The third-order valence-electron chi connectivity index (χ3n) is 2.46. The zero-order chi connectivity index (χ0) is 9.68. The Morgan fingerprint density at radius 1 is 1.38 bits per heavy atom. The monoisotopic (exact) mass is 182 g/mol. The summed E-state index contributed by atoms with van der Waals surface area (Å²) in [4.78, 5) is 0. The summed E-state index contributed by atoms with van der Waals surface area (Å²) in [7, 11) is 0. The minimum absolute atomic E-state index is 0.509. The molecule has 3 nitrogen and oxygen atoms in total. The summed E-state index contributed by atoms with van der Waals surface area (Å²) in [5.74, 6) is 1.49. The molecule has 1 aromatic rings. The van der Waals surface area contributed by atoms with E-state index in [1.165, 1.54) is 19.3 Å². The molecule has 0 saturated heterocycles. The molecule has 0 aliphatic carbocycles. The van der Waals surface area contributed by atoms with Crippen molar-refractivity contribution < 1.29 is 4.52 Å². The van der Waals surface area contributed by atoms with Gasteiger partial charge in [0.05, 0.1) is 0 Å². The van der Waals surface area contributed by atoms with Gasteiger partial charge in [-0.25, -0.2) is 0 Å². The molecule has 1 unspecified atom stereocenters. The lowest BCUT2D eigenvalue weighted by Gasteiger charge is -2.10. The van der Waals surface area contributed by atoms with Crippen LogP contribution in [0.1, 0.15) is 56.9 Å². The summed E-state index contributed by atoms with van der Waals surface area (Å²) in [6.45, 7) is 6.35. The third-order valence-corrected chi connectivity index (χ3v) is 2.46. The van der Waals surface area contributed by atoms with Crippen molar-refractivity contribution in [1.29, 1.82) is 0 Å². The van der Waals surface area contributed by atoms with Crippen molar-refractivity contribution in [2.45, 2.75) is 52.4 Å². The van der Waals surface area contributed by atoms with Crippen molar-refractivity contribution in [2.75, 3.05) is 0 Å². The Labute approximate surface area is 79.5 Å². The van der Waals surface area contributed by atoms with E-state index in [9.17, 15) is 0 Å². The molecule has 0 fully saturated rings. The number of aromatic nitrogens is 2. The molecular formula is C10H18N2O. The summed E-state index contributed by atoms with van der Waals surface area (Å²) >= 11 is 0. The van der Waals surface area contributed by atoms with Gasteiger partial charge in [-0.1, -0.05) is 26.7 Å². The smallest absolute Gasteiger partial charge is 0.163 e. The Balaban J connectivity index is 2.61. The fraction of sp³-hybridized carbons (Fsp3) is 0.800. The van der Waals surface area contributed by atoms with Crippen LogP contribution < -0.4 is 0 Å². The normalized spacial score (nSPS) is 13.2. The van der Waals surface area contributed by atoms with Gasteiger partial charge in [0, 0.05) is 11.2 Å². The van der Waals surface area contributed by atoms with E-state index < -0.39 is 0 Å². The Morgan fingerprint density at radius 3 is 2.62 bits per heavy atom. The highest BCUT2D eigenvalue weighted by Gasteiger charge is 2.16. The number of aryl methyl sites for hydroxylation is 1. The van der Waals surface area contributed by atoms with Crippen LogP contribution in [0.2, 0.25) is 0 Å². The van der Waals surface area contributed by atoms with Gasteiger partial charge in [-0.3, -0.25) is 0 Å². The number of hydrogen-bond acceptors (Lipinski definition) is 3. The van der Waals surface area contributed by atoms with Gasteiger partial charge < -0.3 is 4.52 Å². The Hall–Kier alpha value is -0.860. The van der Waals surface area contributed by atoms with Crippen LogP contribution in [-0.4, -0.2) is 10.4 Å². The predicted molar refractivity (Wildman–Crippen MR) is 51.6 cm³/mol. The van der Waals surface area contributed by atoms with Gasteiger partial charge in [-0.05, 0) is 19.8 Å². The lowest BCUT2D eigenvalue weighted by atomic mass is 9.96. The van der Waals surface area contributed by atoms with Crippen LogP contribution in [0.4, 0.5) is 0 Å². The Kier molecular flexibility index (Phi) is 3.93. The van der Waals surface area contributed by atoms with E-state index in [2.05, 4.69) is 24.2 Å². The first kappa shape index (κ1) is 10.2. The summed E-state index contributed by atoms with van der Waals surface area (Å²) < 4.78 is 5.15. The lowest BCUT2D eigenvalue weighted by molar-refractivity contribution is 0.331. The second kappa shape index (κ2) is 5.00. The molecule has 1 aromatic heterocycles. The summed E-state index contributed by atoms with van der Waals surface area (Å²) in [5, 5.41) is 7.45. The molecule has 0 bridgehead atoms. The molecule has 1 atom stereocenters. The molecule has 0 amide bonds. The Bertz CT molecular complexity index is 245. The van der Waals surface area contributed by atoms with E-state index in [-0.39, 0.29) is 0 Å². The second-order valence-corrected chi connectivity index (χ2v) is 3.47. The summed E-state index contributed by atoms with van der Waals surface area (Å²) in [6.07, 6.45) is 4.78. The van der Waals surface area contributed by atoms with Crippen LogP contribution >= 0.6 is 0 Å². The van der Waals surface area contributed by atoms with E-state index in [1.807, 2.05) is 6.92 Å². The standard InChI is InChI=1S/C10H18N2O/c1-4-6-7-9(5-2)10-8(3)11-12-13-10/h9H,4-7H2,1-3H3. The molecule has 74 valence electrons. The average Bonchev–Trinajstić information content (AvgIpc) is 2.54. The molecule has 3 heteroatoms. The highest BCUT2D eigenvalue weighted by molar-refractivity contribution is 5.08. The highest BCUT2D eigenvalue weighted by Crippen LogP contribution is 2.26. The zero-order valence-corrected chi connectivity index (χ0v) is 8.71. The molecule has 13 heavy (non-hydrogen) atoms. The van der Waals surface area contributed by atoms with Crippen molar-refractivity contribution >= 4 is 0 Å². The van der Waals surface area contributed by atoms with Crippen LogP contribution in [0, 0.1) is 6.92 Å². The van der Waals surface area contributed by atoms with Gasteiger partial charge in [0.1, 0.15) is 5.69 Å². The lowest BCUT2D eigenvalue weighted by Crippen LogP contribution is -1.97. The first-order valence-electron chi connectivity index (χ1n) is 5.08. The topological polar surface area (TPSA) is 38.9 Å². The van der Waals surface area contributed by atoms with E-state index >= 15 is 0 Å². The number of rotatable bonds is 5. The molecule has 0 spiro atoms. The van der Waals surface area contributed by atoms with Gasteiger partial charge in [0.2, 0.25) is 0 Å². The minimum Gasteiger partial charge on any atom is -0.342 e. The van der Waals surface area contributed by atoms with Gasteiger partial charge in [-0.2, -0.15) is 0 Å². The summed E-state index contributed by atoms with van der Waals surface area (Å²) in [5.41, 5.74) is 0.947. The van der Waals surface area contributed by atoms with Crippen molar-refractivity contribution in [2.24, 2.45) is 0 Å². The molecule has 0 aromatic carbocycles. The van der Waals surface area contributed by atoms with Gasteiger partial charge in [0.15, 0.2) is 5.76 Å². The first-order valence-corrected chi connectivity index (χ1v) is 5.08. The third kappa shape index (κ3) is 2.54. The van der Waals surface area contributed by atoms with Gasteiger partial charge >= 0.3 is 0 Å². The highest BCUT2D eigenvalue weighted by atomic mass is 16.5.